The minimum absolute atomic E-state index is 0.0532. The van der Waals surface area contributed by atoms with Gasteiger partial charge in [0, 0.05) is 37.0 Å². The van der Waals surface area contributed by atoms with Crippen LogP contribution in [0.2, 0.25) is 0 Å². The van der Waals surface area contributed by atoms with Crippen LogP contribution in [-0.4, -0.2) is 30.3 Å². The van der Waals surface area contributed by atoms with Crippen LogP contribution in [0.4, 0.5) is 5.69 Å². The van der Waals surface area contributed by atoms with Crippen molar-refractivity contribution in [3.8, 4) is 0 Å². The maximum atomic E-state index is 6.00. The molecule has 0 aliphatic carbocycles. The number of fused-ring (bicyclic) bond motifs is 1. The van der Waals surface area contributed by atoms with Crippen LogP contribution >= 0.6 is 0 Å². The van der Waals surface area contributed by atoms with Crippen molar-refractivity contribution in [1.82, 2.24) is 4.98 Å². The van der Waals surface area contributed by atoms with E-state index in [1.807, 2.05) is 30.5 Å². The first-order chi connectivity index (χ1) is 9.33. The summed E-state index contributed by atoms with van der Waals surface area (Å²) < 4.78 is 5.44. The lowest BCUT2D eigenvalue weighted by Gasteiger charge is -2.38. The highest BCUT2D eigenvalue weighted by Crippen LogP contribution is 2.29. The van der Waals surface area contributed by atoms with E-state index >= 15 is 0 Å². The molecule has 0 bridgehead atoms. The molecule has 0 unspecified atom stereocenters. The van der Waals surface area contributed by atoms with Crippen molar-refractivity contribution >= 4 is 16.6 Å². The summed E-state index contributed by atoms with van der Waals surface area (Å²) in [6.07, 6.45) is 3.73. The smallest absolute Gasteiger partial charge is 0.0722 e. The average Bonchev–Trinajstić information content (AvgIpc) is 2.49. The molecular weight excluding hydrogens is 238 g/mol. The van der Waals surface area contributed by atoms with E-state index in [-0.39, 0.29) is 5.54 Å². The zero-order chi connectivity index (χ0) is 13.1. The SMILES string of the molecule is NCC1(Nc2ccnc3ccccc23)CCOCC1. The molecule has 1 aromatic heterocycles. The second-order valence-corrected chi connectivity index (χ2v) is 5.10. The molecule has 0 saturated carbocycles. The summed E-state index contributed by atoms with van der Waals surface area (Å²) in [5, 5.41) is 4.78. The van der Waals surface area contributed by atoms with Gasteiger partial charge < -0.3 is 15.8 Å². The number of nitrogens with one attached hydrogen (secondary N) is 1. The zero-order valence-electron chi connectivity index (χ0n) is 10.9. The Morgan fingerprint density at radius 2 is 2.00 bits per heavy atom. The molecule has 0 spiro atoms. The van der Waals surface area contributed by atoms with Crippen LogP contribution < -0.4 is 11.1 Å². The molecule has 100 valence electrons. The topological polar surface area (TPSA) is 60.2 Å². The quantitative estimate of drug-likeness (QED) is 0.884. The third kappa shape index (κ3) is 2.41. The number of ether oxygens (including phenoxy) is 1. The molecule has 2 aromatic rings. The van der Waals surface area contributed by atoms with Crippen LogP contribution in [0.3, 0.4) is 0 Å². The number of anilines is 1. The van der Waals surface area contributed by atoms with Gasteiger partial charge in [0.2, 0.25) is 0 Å². The van der Waals surface area contributed by atoms with Crippen molar-refractivity contribution in [3.05, 3.63) is 36.5 Å². The standard InChI is InChI=1S/C15H19N3O/c16-11-15(6-9-19-10-7-15)18-14-5-8-17-13-4-2-1-3-12(13)14/h1-5,8H,6-7,9-11,16H2,(H,17,18). The molecule has 1 saturated heterocycles. The maximum absolute atomic E-state index is 6.00. The molecule has 0 radical (unpaired) electrons. The Morgan fingerprint density at radius 3 is 2.79 bits per heavy atom. The number of hydrogen-bond acceptors (Lipinski definition) is 4. The number of hydrogen-bond donors (Lipinski definition) is 2. The third-order valence-electron chi connectivity index (χ3n) is 3.89. The Hall–Kier alpha value is -1.65. The summed E-state index contributed by atoms with van der Waals surface area (Å²) in [5.41, 5.74) is 8.06. The molecule has 0 atom stereocenters. The normalized spacial score (nSPS) is 18.4. The van der Waals surface area contributed by atoms with Crippen LogP contribution in [0.1, 0.15) is 12.8 Å². The lowest BCUT2D eigenvalue weighted by atomic mass is 9.89. The van der Waals surface area contributed by atoms with Crippen LogP contribution in [0, 0.1) is 0 Å². The number of rotatable bonds is 3. The van der Waals surface area contributed by atoms with Crippen molar-refractivity contribution in [2.75, 3.05) is 25.1 Å². The molecule has 1 aromatic carbocycles. The van der Waals surface area contributed by atoms with Gasteiger partial charge in [0.15, 0.2) is 0 Å². The number of pyridine rings is 1. The monoisotopic (exact) mass is 257 g/mol. The lowest BCUT2D eigenvalue weighted by Crippen LogP contribution is -2.49. The molecular formula is C15H19N3O. The van der Waals surface area contributed by atoms with Gasteiger partial charge in [0.05, 0.1) is 11.1 Å². The zero-order valence-corrected chi connectivity index (χ0v) is 10.9. The Kier molecular flexibility index (Phi) is 3.36. The molecule has 4 heteroatoms. The molecule has 2 heterocycles. The molecule has 4 nitrogen and oxygen atoms in total. The highest BCUT2D eigenvalue weighted by molar-refractivity contribution is 5.91. The van der Waals surface area contributed by atoms with E-state index in [1.54, 1.807) is 0 Å². The van der Waals surface area contributed by atoms with E-state index in [0.29, 0.717) is 6.54 Å². The second-order valence-electron chi connectivity index (χ2n) is 5.10. The van der Waals surface area contributed by atoms with E-state index in [1.165, 1.54) is 0 Å². The average molecular weight is 257 g/mol. The summed E-state index contributed by atoms with van der Waals surface area (Å²) >= 11 is 0. The predicted molar refractivity (Wildman–Crippen MR) is 77.2 cm³/mol. The Labute approximate surface area is 113 Å². The summed E-state index contributed by atoms with van der Waals surface area (Å²) in [7, 11) is 0. The highest BCUT2D eigenvalue weighted by Gasteiger charge is 2.31. The highest BCUT2D eigenvalue weighted by atomic mass is 16.5. The molecule has 3 rings (SSSR count). The van der Waals surface area contributed by atoms with E-state index in [0.717, 1.165) is 42.6 Å². The summed E-state index contributed by atoms with van der Waals surface area (Å²) in [6, 6.07) is 10.2. The van der Waals surface area contributed by atoms with Crippen LogP contribution in [0.25, 0.3) is 10.9 Å². The van der Waals surface area contributed by atoms with Gasteiger partial charge in [-0.15, -0.1) is 0 Å². The first-order valence-corrected chi connectivity index (χ1v) is 6.73. The van der Waals surface area contributed by atoms with Crippen molar-refractivity contribution in [2.24, 2.45) is 5.73 Å². The van der Waals surface area contributed by atoms with Crippen LogP contribution in [-0.2, 0) is 4.74 Å². The number of para-hydroxylation sites is 1. The van der Waals surface area contributed by atoms with Gasteiger partial charge in [-0.1, -0.05) is 18.2 Å². The van der Waals surface area contributed by atoms with E-state index < -0.39 is 0 Å². The van der Waals surface area contributed by atoms with E-state index in [9.17, 15) is 0 Å². The largest absolute Gasteiger partial charge is 0.381 e. The molecule has 19 heavy (non-hydrogen) atoms. The summed E-state index contributed by atoms with van der Waals surface area (Å²) in [4.78, 5) is 4.39. The fourth-order valence-electron chi connectivity index (χ4n) is 2.63. The fraction of sp³-hybridized carbons (Fsp3) is 0.400. The Bertz CT molecular complexity index is 559. The van der Waals surface area contributed by atoms with Gasteiger partial charge in [-0.25, -0.2) is 0 Å². The molecule has 3 N–H and O–H groups in total. The molecule has 0 amide bonds. The minimum atomic E-state index is -0.0532. The van der Waals surface area contributed by atoms with Crippen molar-refractivity contribution in [3.63, 3.8) is 0 Å². The first-order valence-electron chi connectivity index (χ1n) is 6.73. The van der Waals surface area contributed by atoms with Crippen LogP contribution in [0.15, 0.2) is 36.5 Å². The van der Waals surface area contributed by atoms with Gasteiger partial charge in [0.1, 0.15) is 0 Å². The van der Waals surface area contributed by atoms with E-state index in [4.69, 9.17) is 10.5 Å². The van der Waals surface area contributed by atoms with Gasteiger partial charge in [-0.05, 0) is 25.0 Å². The third-order valence-corrected chi connectivity index (χ3v) is 3.89. The maximum Gasteiger partial charge on any atom is 0.0722 e. The van der Waals surface area contributed by atoms with Crippen molar-refractivity contribution < 1.29 is 4.74 Å². The van der Waals surface area contributed by atoms with Gasteiger partial charge >= 0.3 is 0 Å². The minimum Gasteiger partial charge on any atom is -0.381 e. The van der Waals surface area contributed by atoms with Crippen molar-refractivity contribution in [2.45, 2.75) is 18.4 Å². The number of benzene rings is 1. The molecule has 1 fully saturated rings. The number of nitrogens with two attached hydrogens (primary N) is 1. The summed E-state index contributed by atoms with van der Waals surface area (Å²) in [5.74, 6) is 0. The van der Waals surface area contributed by atoms with Gasteiger partial charge in [-0.3, -0.25) is 4.98 Å². The number of aromatic nitrogens is 1. The van der Waals surface area contributed by atoms with Crippen LogP contribution in [0.5, 0.6) is 0 Å². The van der Waals surface area contributed by atoms with E-state index in [2.05, 4.69) is 16.4 Å². The molecule has 1 aliphatic rings. The Morgan fingerprint density at radius 1 is 1.21 bits per heavy atom. The van der Waals surface area contributed by atoms with Crippen molar-refractivity contribution in [1.29, 1.82) is 0 Å². The predicted octanol–water partition coefficient (Wildman–Crippen LogP) is 2.15. The lowest BCUT2D eigenvalue weighted by molar-refractivity contribution is 0.0628. The second kappa shape index (κ2) is 5.15. The fourth-order valence-corrected chi connectivity index (χ4v) is 2.63. The summed E-state index contributed by atoms with van der Waals surface area (Å²) in [6.45, 7) is 2.16. The van der Waals surface area contributed by atoms with Gasteiger partial charge in [-0.2, -0.15) is 0 Å². The first kappa shape index (κ1) is 12.4. The number of nitrogens with zero attached hydrogens (tertiary/aromatic N) is 1. The molecule has 1 aliphatic heterocycles. The Balaban J connectivity index is 1.96. The van der Waals surface area contributed by atoms with Gasteiger partial charge in [0.25, 0.3) is 0 Å².